The van der Waals surface area contributed by atoms with E-state index in [4.69, 9.17) is 9.57 Å². The summed E-state index contributed by atoms with van der Waals surface area (Å²) in [7, 11) is 1.52. The highest BCUT2D eigenvalue weighted by Crippen LogP contribution is 2.48. The smallest absolute Gasteiger partial charge is 0.266 e. The number of anilines is 2. The highest BCUT2D eigenvalue weighted by molar-refractivity contribution is 6.24. The molecule has 0 aliphatic carbocycles. The fourth-order valence-corrected chi connectivity index (χ4v) is 4.25. The van der Waals surface area contributed by atoms with E-state index in [-0.39, 0.29) is 11.8 Å². The first-order chi connectivity index (χ1) is 14.7. The lowest BCUT2D eigenvalue weighted by Crippen LogP contribution is -2.37. The van der Waals surface area contributed by atoms with Crippen molar-refractivity contribution >= 4 is 23.2 Å². The van der Waals surface area contributed by atoms with Gasteiger partial charge in [0.2, 0.25) is 5.91 Å². The second-order valence-corrected chi connectivity index (χ2v) is 7.25. The molecule has 3 atom stereocenters. The summed E-state index contributed by atoms with van der Waals surface area (Å²) in [6, 6.07) is 25.8. The first-order valence-electron chi connectivity index (χ1n) is 9.77. The molecule has 3 aromatic rings. The summed E-state index contributed by atoms with van der Waals surface area (Å²) in [5.74, 6) is -0.865. The van der Waals surface area contributed by atoms with Gasteiger partial charge in [-0.25, -0.2) is 9.96 Å². The number of hydrogen-bond acceptors (Lipinski definition) is 5. The van der Waals surface area contributed by atoms with Crippen molar-refractivity contribution in [1.29, 1.82) is 0 Å². The topological polar surface area (TPSA) is 59.1 Å². The Hall–Kier alpha value is -3.64. The van der Waals surface area contributed by atoms with E-state index in [0.717, 1.165) is 11.3 Å². The van der Waals surface area contributed by atoms with E-state index in [0.29, 0.717) is 11.4 Å². The number of hydroxylamine groups is 1. The van der Waals surface area contributed by atoms with Gasteiger partial charge in [-0.15, -0.1) is 0 Å². The lowest BCUT2D eigenvalue weighted by molar-refractivity contribution is -0.126. The Morgan fingerprint density at radius 3 is 2.13 bits per heavy atom. The number of nitrogens with zero attached hydrogens (tertiary/aromatic N) is 2. The van der Waals surface area contributed by atoms with E-state index in [2.05, 4.69) is 0 Å². The molecule has 6 nitrogen and oxygen atoms in total. The number of methoxy groups -OCH3 is 1. The molecule has 0 unspecified atom stereocenters. The minimum Gasteiger partial charge on any atom is -0.495 e. The zero-order valence-corrected chi connectivity index (χ0v) is 16.3. The molecular weight excluding hydrogens is 380 g/mol. The molecule has 2 fully saturated rings. The van der Waals surface area contributed by atoms with E-state index >= 15 is 0 Å². The van der Waals surface area contributed by atoms with Crippen LogP contribution in [0.25, 0.3) is 0 Å². The van der Waals surface area contributed by atoms with Gasteiger partial charge in [0.15, 0.2) is 6.10 Å². The van der Waals surface area contributed by atoms with E-state index in [1.54, 1.807) is 29.3 Å². The third-order valence-corrected chi connectivity index (χ3v) is 5.59. The molecule has 2 aliphatic heterocycles. The molecule has 150 valence electrons. The minimum atomic E-state index is -0.896. The molecule has 0 aromatic heterocycles. The fraction of sp³-hybridized carbons (Fsp3) is 0.167. The summed E-state index contributed by atoms with van der Waals surface area (Å²) in [5, 5.41) is 1.69. The van der Waals surface area contributed by atoms with Crippen LogP contribution in [-0.2, 0) is 14.4 Å². The van der Waals surface area contributed by atoms with Crippen LogP contribution in [0.3, 0.4) is 0 Å². The molecule has 30 heavy (non-hydrogen) atoms. The number of carbonyl (C=O) groups is 2. The van der Waals surface area contributed by atoms with Crippen molar-refractivity contribution in [3.05, 3.63) is 90.5 Å². The molecule has 3 aromatic carbocycles. The molecule has 0 N–H and O–H groups in total. The molecule has 0 bridgehead atoms. The summed E-state index contributed by atoms with van der Waals surface area (Å²) in [6.07, 6.45) is -0.896. The monoisotopic (exact) mass is 400 g/mol. The van der Waals surface area contributed by atoms with Gasteiger partial charge < -0.3 is 4.74 Å². The SMILES string of the molecule is COc1ccccc1N1C(=O)[C@@H]2[C@@H](ON(c3ccccc3)[C@H]2c2ccccc2)C1=O. The van der Waals surface area contributed by atoms with Gasteiger partial charge in [-0.2, -0.15) is 0 Å². The molecule has 0 radical (unpaired) electrons. The van der Waals surface area contributed by atoms with Crippen molar-refractivity contribution in [3.63, 3.8) is 0 Å². The van der Waals surface area contributed by atoms with Crippen LogP contribution in [-0.4, -0.2) is 25.0 Å². The summed E-state index contributed by atoms with van der Waals surface area (Å²) in [5.41, 5.74) is 2.15. The van der Waals surface area contributed by atoms with Crippen molar-refractivity contribution in [2.45, 2.75) is 12.1 Å². The van der Waals surface area contributed by atoms with Crippen LogP contribution in [0.4, 0.5) is 11.4 Å². The van der Waals surface area contributed by atoms with Crippen molar-refractivity contribution in [2.75, 3.05) is 17.1 Å². The Morgan fingerprint density at radius 2 is 1.43 bits per heavy atom. The number of amides is 2. The second-order valence-electron chi connectivity index (χ2n) is 7.25. The Kier molecular flexibility index (Phi) is 4.48. The third-order valence-electron chi connectivity index (χ3n) is 5.59. The van der Waals surface area contributed by atoms with Gasteiger partial charge >= 0.3 is 0 Å². The number of para-hydroxylation sites is 3. The molecule has 6 heteroatoms. The zero-order valence-electron chi connectivity index (χ0n) is 16.3. The quantitative estimate of drug-likeness (QED) is 0.625. The first-order valence-corrected chi connectivity index (χ1v) is 9.77. The average molecular weight is 400 g/mol. The number of hydrogen-bond donors (Lipinski definition) is 0. The summed E-state index contributed by atoms with van der Waals surface area (Å²) in [4.78, 5) is 34.2. The second kappa shape index (κ2) is 7.31. The van der Waals surface area contributed by atoms with Gasteiger partial charge in [0.05, 0.1) is 24.5 Å². The van der Waals surface area contributed by atoms with Crippen LogP contribution in [0.5, 0.6) is 5.75 Å². The maximum Gasteiger partial charge on any atom is 0.266 e. The molecule has 0 saturated carbocycles. The summed E-state index contributed by atoms with van der Waals surface area (Å²) >= 11 is 0. The van der Waals surface area contributed by atoms with Crippen LogP contribution in [0.15, 0.2) is 84.9 Å². The Labute approximate surface area is 174 Å². The van der Waals surface area contributed by atoms with Crippen molar-refractivity contribution in [3.8, 4) is 5.75 Å². The van der Waals surface area contributed by atoms with Crippen LogP contribution >= 0.6 is 0 Å². The van der Waals surface area contributed by atoms with E-state index in [1.807, 2.05) is 60.7 Å². The maximum absolute atomic E-state index is 13.6. The molecule has 0 spiro atoms. The first kappa shape index (κ1) is 18.4. The molecule has 2 saturated heterocycles. The van der Waals surface area contributed by atoms with Gasteiger partial charge in [0.1, 0.15) is 11.7 Å². The van der Waals surface area contributed by atoms with Crippen molar-refractivity contribution in [2.24, 2.45) is 5.92 Å². The number of ether oxygens (including phenoxy) is 1. The van der Waals surface area contributed by atoms with Gasteiger partial charge in [-0.1, -0.05) is 60.7 Å². The number of carbonyl (C=O) groups excluding carboxylic acids is 2. The fourth-order valence-electron chi connectivity index (χ4n) is 4.25. The number of imide groups is 1. The Bertz CT molecular complexity index is 1090. The third kappa shape index (κ3) is 2.76. The van der Waals surface area contributed by atoms with Crippen LogP contribution in [0, 0.1) is 5.92 Å². The largest absolute Gasteiger partial charge is 0.495 e. The highest BCUT2D eigenvalue weighted by atomic mass is 16.7. The minimum absolute atomic E-state index is 0.290. The number of rotatable bonds is 4. The van der Waals surface area contributed by atoms with Gasteiger partial charge in [0, 0.05) is 0 Å². The van der Waals surface area contributed by atoms with E-state index < -0.39 is 18.1 Å². The zero-order chi connectivity index (χ0) is 20.7. The Balaban J connectivity index is 1.59. The predicted octanol–water partition coefficient (Wildman–Crippen LogP) is 3.75. The highest BCUT2D eigenvalue weighted by Gasteiger charge is 2.60. The van der Waals surface area contributed by atoms with Gasteiger partial charge in [0.25, 0.3) is 5.91 Å². The maximum atomic E-state index is 13.6. The van der Waals surface area contributed by atoms with Crippen LogP contribution in [0.1, 0.15) is 11.6 Å². The normalized spacial score (nSPS) is 23.0. The van der Waals surface area contributed by atoms with Crippen molar-refractivity contribution < 1.29 is 19.2 Å². The van der Waals surface area contributed by atoms with Gasteiger partial charge in [-0.3, -0.25) is 14.4 Å². The lowest BCUT2D eigenvalue weighted by Gasteiger charge is -2.29. The lowest BCUT2D eigenvalue weighted by atomic mass is 9.90. The van der Waals surface area contributed by atoms with Crippen LogP contribution in [0.2, 0.25) is 0 Å². The average Bonchev–Trinajstić information content (AvgIpc) is 3.31. The van der Waals surface area contributed by atoms with E-state index in [1.165, 1.54) is 12.0 Å². The molecule has 2 aliphatic rings. The summed E-state index contributed by atoms with van der Waals surface area (Å²) in [6.45, 7) is 0. The molecule has 2 heterocycles. The standard InChI is InChI=1S/C24H20N2O4/c1-29-19-15-9-8-14-18(19)25-23(27)20-21(16-10-4-2-5-11-16)26(30-22(20)24(25)28)17-12-6-3-7-13-17/h2-15,20-22H,1H3/t20-,21-,22+/m0/s1. The van der Waals surface area contributed by atoms with E-state index in [9.17, 15) is 9.59 Å². The predicted molar refractivity (Wildman–Crippen MR) is 112 cm³/mol. The van der Waals surface area contributed by atoms with Crippen LogP contribution < -0.4 is 14.7 Å². The molecular formula is C24H20N2O4. The molecule has 2 amide bonds. The van der Waals surface area contributed by atoms with Crippen molar-refractivity contribution in [1.82, 2.24) is 0 Å². The Morgan fingerprint density at radius 1 is 0.800 bits per heavy atom. The number of fused-ring (bicyclic) bond motifs is 1. The van der Waals surface area contributed by atoms with Gasteiger partial charge in [-0.05, 0) is 29.8 Å². The number of benzene rings is 3. The molecule has 5 rings (SSSR count). The summed E-state index contributed by atoms with van der Waals surface area (Å²) < 4.78 is 5.38.